The molecule has 0 aliphatic heterocycles. The highest BCUT2D eigenvalue weighted by atomic mass is 16.3. The molecule has 0 radical (unpaired) electrons. The van der Waals surface area contributed by atoms with Crippen LogP contribution in [0.5, 0.6) is 0 Å². The van der Waals surface area contributed by atoms with E-state index in [2.05, 4.69) is 17.3 Å². The van der Waals surface area contributed by atoms with Gasteiger partial charge in [0.1, 0.15) is 16.9 Å². The van der Waals surface area contributed by atoms with Crippen LogP contribution < -0.4 is 5.32 Å². The number of nitrogens with zero attached hydrogens (tertiary/aromatic N) is 2. The van der Waals surface area contributed by atoms with Crippen LogP contribution in [0.4, 0.5) is 5.69 Å². The zero-order valence-electron chi connectivity index (χ0n) is 14.2. The Balaban J connectivity index is 1.64. The first-order valence-electron chi connectivity index (χ1n) is 8.41. The topological polar surface area (TPSA) is 60.1 Å². The number of benzene rings is 2. The fourth-order valence-corrected chi connectivity index (χ4v) is 3.12. The average molecular weight is 333 g/mol. The molecule has 0 aliphatic carbocycles. The number of para-hydroxylation sites is 1. The van der Waals surface area contributed by atoms with Gasteiger partial charge in [-0.05, 0) is 30.7 Å². The minimum absolute atomic E-state index is 0.173. The van der Waals surface area contributed by atoms with Gasteiger partial charge >= 0.3 is 0 Å². The highest BCUT2D eigenvalue weighted by Gasteiger charge is 2.14. The monoisotopic (exact) mass is 333 g/mol. The molecule has 5 heteroatoms. The quantitative estimate of drug-likeness (QED) is 0.597. The fourth-order valence-electron chi connectivity index (χ4n) is 3.12. The van der Waals surface area contributed by atoms with Gasteiger partial charge in [0, 0.05) is 29.6 Å². The number of amides is 1. The van der Waals surface area contributed by atoms with E-state index >= 15 is 0 Å². The molecule has 0 unspecified atom stereocenters. The van der Waals surface area contributed by atoms with Crippen molar-refractivity contribution in [2.45, 2.75) is 19.8 Å². The number of furan rings is 1. The fraction of sp³-hybridized carbons (Fsp3) is 0.200. The molecular weight excluding hydrogens is 314 g/mol. The molecule has 126 valence electrons. The van der Waals surface area contributed by atoms with Crippen LogP contribution >= 0.6 is 0 Å². The normalized spacial score (nSPS) is 11.3. The van der Waals surface area contributed by atoms with Crippen LogP contribution in [0.25, 0.3) is 21.9 Å². The highest BCUT2D eigenvalue weighted by molar-refractivity contribution is 6.08. The smallest absolute Gasteiger partial charge is 0.273 e. The molecule has 0 saturated heterocycles. The summed E-state index contributed by atoms with van der Waals surface area (Å²) in [7, 11) is 1.79. The van der Waals surface area contributed by atoms with Gasteiger partial charge in [0.05, 0.1) is 5.69 Å². The van der Waals surface area contributed by atoms with Gasteiger partial charge in [-0.1, -0.05) is 31.5 Å². The zero-order valence-corrected chi connectivity index (χ0v) is 14.2. The molecule has 0 atom stereocenters. The maximum atomic E-state index is 12.6. The second-order valence-electron chi connectivity index (χ2n) is 6.16. The SMILES string of the molecule is CCCc1cc(C(=O)Nc2ccc3c(c2)oc2ccccc23)n(C)n1. The lowest BCUT2D eigenvalue weighted by molar-refractivity contribution is 0.101. The van der Waals surface area contributed by atoms with Crippen molar-refractivity contribution in [3.8, 4) is 0 Å². The first kappa shape index (κ1) is 15.4. The summed E-state index contributed by atoms with van der Waals surface area (Å²) in [4.78, 5) is 12.6. The Kier molecular flexibility index (Phi) is 3.76. The Morgan fingerprint density at radius 2 is 1.92 bits per heavy atom. The van der Waals surface area contributed by atoms with Gasteiger partial charge in [-0.25, -0.2) is 0 Å². The lowest BCUT2D eigenvalue weighted by Gasteiger charge is -2.05. The average Bonchev–Trinajstić information content (AvgIpc) is 3.15. The van der Waals surface area contributed by atoms with Crippen LogP contribution in [0.3, 0.4) is 0 Å². The van der Waals surface area contributed by atoms with Crippen LogP contribution in [-0.2, 0) is 13.5 Å². The van der Waals surface area contributed by atoms with E-state index in [0.29, 0.717) is 11.4 Å². The molecule has 2 aromatic carbocycles. The first-order valence-corrected chi connectivity index (χ1v) is 8.41. The molecule has 0 aliphatic rings. The van der Waals surface area contributed by atoms with E-state index in [1.165, 1.54) is 0 Å². The minimum Gasteiger partial charge on any atom is -0.456 e. The summed E-state index contributed by atoms with van der Waals surface area (Å²) in [5.41, 5.74) is 3.79. The summed E-state index contributed by atoms with van der Waals surface area (Å²) >= 11 is 0. The number of nitrogens with one attached hydrogen (secondary N) is 1. The molecule has 2 heterocycles. The molecule has 0 saturated carbocycles. The van der Waals surface area contributed by atoms with Gasteiger partial charge in [0.15, 0.2) is 0 Å². The molecule has 2 aromatic heterocycles. The molecule has 25 heavy (non-hydrogen) atoms. The maximum absolute atomic E-state index is 12.6. The lowest BCUT2D eigenvalue weighted by Crippen LogP contribution is -2.15. The van der Waals surface area contributed by atoms with E-state index in [1.54, 1.807) is 11.7 Å². The van der Waals surface area contributed by atoms with E-state index in [9.17, 15) is 4.79 Å². The predicted molar refractivity (Wildman–Crippen MR) is 98.9 cm³/mol. The van der Waals surface area contributed by atoms with Crippen molar-refractivity contribution in [2.24, 2.45) is 7.05 Å². The molecule has 1 N–H and O–H groups in total. The number of aromatic nitrogens is 2. The number of carbonyl (C=O) groups excluding carboxylic acids is 1. The van der Waals surface area contributed by atoms with Gasteiger partial charge < -0.3 is 9.73 Å². The Labute approximate surface area is 145 Å². The van der Waals surface area contributed by atoms with Gasteiger partial charge in [-0.2, -0.15) is 5.10 Å². The van der Waals surface area contributed by atoms with Gasteiger partial charge in [-0.15, -0.1) is 0 Å². The Hall–Kier alpha value is -3.08. The number of hydrogen-bond acceptors (Lipinski definition) is 3. The Morgan fingerprint density at radius 1 is 1.12 bits per heavy atom. The molecule has 0 bridgehead atoms. The number of hydrogen-bond donors (Lipinski definition) is 1. The largest absolute Gasteiger partial charge is 0.456 e. The van der Waals surface area contributed by atoms with Gasteiger partial charge in [0.2, 0.25) is 0 Å². The van der Waals surface area contributed by atoms with Crippen molar-refractivity contribution < 1.29 is 9.21 Å². The van der Waals surface area contributed by atoms with E-state index < -0.39 is 0 Å². The number of anilines is 1. The van der Waals surface area contributed by atoms with Crippen molar-refractivity contribution in [3.63, 3.8) is 0 Å². The second-order valence-corrected chi connectivity index (χ2v) is 6.16. The van der Waals surface area contributed by atoms with Crippen LogP contribution in [-0.4, -0.2) is 15.7 Å². The van der Waals surface area contributed by atoms with E-state index in [1.807, 2.05) is 48.5 Å². The number of aryl methyl sites for hydroxylation is 2. The van der Waals surface area contributed by atoms with Crippen LogP contribution in [0, 0.1) is 0 Å². The van der Waals surface area contributed by atoms with Crippen LogP contribution in [0.15, 0.2) is 52.9 Å². The molecule has 0 fully saturated rings. The standard InChI is InChI=1S/C20H19N3O2/c1-3-6-14-11-17(23(2)22-14)20(24)21-13-9-10-16-15-7-4-5-8-18(15)25-19(16)12-13/h4-5,7-12H,3,6H2,1-2H3,(H,21,24). The van der Waals surface area contributed by atoms with E-state index in [4.69, 9.17) is 4.42 Å². The van der Waals surface area contributed by atoms with Crippen molar-refractivity contribution in [1.82, 2.24) is 9.78 Å². The lowest BCUT2D eigenvalue weighted by atomic mass is 10.1. The maximum Gasteiger partial charge on any atom is 0.273 e. The molecule has 0 spiro atoms. The third kappa shape index (κ3) is 2.78. The molecule has 1 amide bonds. The Morgan fingerprint density at radius 3 is 2.76 bits per heavy atom. The van der Waals surface area contributed by atoms with E-state index in [-0.39, 0.29) is 5.91 Å². The van der Waals surface area contributed by atoms with Crippen molar-refractivity contribution in [1.29, 1.82) is 0 Å². The molecular formula is C20H19N3O2. The third-order valence-corrected chi connectivity index (χ3v) is 4.31. The predicted octanol–water partition coefficient (Wildman–Crippen LogP) is 4.52. The summed E-state index contributed by atoms with van der Waals surface area (Å²) in [6.07, 6.45) is 1.87. The van der Waals surface area contributed by atoms with Crippen molar-refractivity contribution >= 4 is 33.5 Å². The molecule has 4 aromatic rings. The van der Waals surface area contributed by atoms with Crippen molar-refractivity contribution in [3.05, 3.63) is 59.9 Å². The summed E-state index contributed by atoms with van der Waals surface area (Å²) in [6.45, 7) is 2.09. The van der Waals surface area contributed by atoms with Crippen LogP contribution in [0.1, 0.15) is 29.5 Å². The molecule has 4 rings (SSSR count). The second kappa shape index (κ2) is 6.09. The van der Waals surface area contributed by atoms with Crippen molar-refractivity contribution in [2.75, 3.05) is 5.32 Å². The number of fused-ring (bicyclic) bond motifs is 3. The summed E-state index contributed by atoms with van der Waals surface area (Å²) < 4.78 is 7.50. The minimum atomic E-state index is -0.173. The highest BCUT2D eigenvalue weighted by Crippen LogP contribution is 2.30. The number of carbonyl (C=O) groups is 1. The number of rotatable bonds is 4. The van der Waals surface area contributed by atoms with Gasteiger partial charge in [0.25, 0.3) is 5.91 Å². The van der Waals surface area contributed by atoms with Crippen LogP contribution in [0.2, 0.25) is 0 Å². The zero-order chi connectivity index (χ0) is 17.4. The summed E-state index contributed by atoms with van der Waals surface area (Å²) in [5.74, 6) is -0.173. The van der Waals surface area contributed by atoms with Gasteiger partial charge in [-0.3, -0.25) is 9.48 Å². The summed E-state index contributed by atoms with van der Waals surface area (Å²) in [6, 6.07) is 15.5. The third-order valence-electron chi connectivity index (χ3n) is 4.31. The summed E-state index contributed by atoms with van der Waals surface area (Å²) in [5, 5.41) is 9.43. The molecule has 5 nitrogen and oxygen atoms in total. The first-order chi connectivity index (χ1) is 12.2. The Bertz CT molecular complexity index is 1080. The van der Waals surface area contributed by atoms with E-state index in [0.717, 1.165) is 40.5 Å².